The summed E-state index contributed by atoms with van der Waals surface area (Å²) < 4.78 is 1.38. The van der Waals surface area contributed by atoms with Crippen molar-refractivity contribution >= 4 is 25.2 Å². The van der Waals surface area contributed by atoms with Gasteiger partial charge in [-0.15, -0.1) is 0 Å². The van der Waals surface area contributed by atoms with Crippen molar-refractivity contribution < 1.29 is 4.79 Å². The van der Waals surface area contributed by atoms with Gasteiger partial charge in [0.25, 0.3) is 0 Å². The zero-order chi connectivity index (χ0) is 24.8. The van der Waals surface area contributed by atoms with Crippen LogP contribution < -0.4 is 4.46 Å². The molecule has 3 saturated carbocycles. The number of hydrogen-bond acceptors (Lipinski definition) is 1. The van der Waals surface area contributed by atoms with E-state index in [0.717, 1.165) is 41.9 Å². The van der Waals surface area contributed by atoms with Crippen molar-refractivity contribution in [3.05, 3.63) is 42.0 Å². The van der Waals surface area contributed by atoms with Crippen molar-refractivity contribution in [1.82, 2.24) is 0 Å². The fourth-order valence-corrected chi connectivity index (χ4v) is 12.0. The molecule has 0 heterocycles. The van der Waals surface area contributed by atoms with Gasteiger partial charge in [-0.3, -0.25) is 0 Å². The Kier molecular flexibility index (Phi) is 7.46. The van der Waals surface area contributed by atoms with Crippen molar-refractivity contribution in [2.45, 2.75) is 104 Å². The van der Waals surface area contributed by atoms with Gasteiger partial charge in [0, 0.05) is 0 Å². The van der Waals surface area contributed by atoms with Gasteiger partial charge in [0.1, 0.15) is 0 Å². The summed E-state index contributed by atoms with van der Waals surface area (Å²) in [6.45, 7) is 12.6. The zero-order valence-electron chi connectivity index (χ0n) is 22.9. The molecule has 3 fully saturated rings. The molecule has 1 aromatic rings. The number of rotatable bonds is 7. The quantitative estimate of drug-likeness (QED) is 0.321. The molecule has 4 aliphatic rings. The van der Waals surface area contributed by atoms with Crippen LogP contribution in [0.1, 0.15) is 98.8 Å². The van der Waals surface area contributed by atoms with E-state index >= 15 is 0 Å². The molecule has 0 radical (unpaired) electrons. The Labute approximate surface area is 221 Å². The number of carbonyl (C=O) groups excluding carboxylic acids is 1. The maximum absolute atomic E-state index is 13.2. The van der Waals surface area contributed by atoms with Gasteiger partial charge < -0.3 is 0 Å². The first-order valence-corrected chi connectivity index (χ1v) is 16.5. The molecule has 0 spiro atoms. The number of carbonyl (C=O) groups is 1. The van der Waals surface area contributed by atoms with Crippen molar-refractivity contribution in [1.29, 1.82) is 0 Å². The van der Waals surface area contributed by atoms with Crippen LogP contribution in [0.15, 0.2) is 42.0 Å². The van der Waals surface area contributed by atoms with Crippen LogP contribution in [0.4, 0.5) is 0 Å². The van der Waals surface area contributed by atoms with Gasteiger partial charge in [-0.2, -0.15) is 0 Å². The van der Waals surface area contributed by atoms with Gasteiger partial charge in [-0.25, -0.2) is 0 Å². The number of allylic oxidation sites excluding steroid dienone is 1. The van der Waals surface area contributed by atoms with Crippen molar-refractivity contribution in [2.75, 3.05) is 0 Å². The Morgan fingerprint density at radius 1 is 0.971 bits per heavy atom. The normalized spacial score (nSPS) is 39.5. The summed E-state index contributed by atoms with van der Waals surface area (Å²) in [5.74, 6) is 5.64. The van der Waals surface area contributed by atoms with E-state index in [4.69, 9.17) is 0 Å². The van der Waals surface area contributed by atoms with E-state index in [2.05, 4.69) is 71.0 Å². The molecule has 1 aromatic carbocycles. The molecule has 0 N–H and O–H groups in total. The average molecular weight is 540 g/mol. The molecule has 0 aromatic heterocycles. The van der Waals surface area contributed by atoms with Gasteiger partial charge in [0.2, 0.25) is 0 Å². The molecule has 192 valence electrons. The first-order valence-electron chi connectivity index (χ1n) is 14.7. The summed E-state index contributed by atoms with van der Waals surface area (Å²) in [4.78, 5) is 13.4. The first-order chi connectivity index (χ1) is 16.7. The molecule has 0 bridgehead atoms. The Bertz CT molecular complexity index is 934. The minimum atomic E-state index is 0.225. The third kappa shape index (κ3) is 4.77. The van der Waals surface area contributed by atoms with Crippen LogP contribution in [0.5, 0.6) is 0 Å². The number of ketones is 1. The Balaban J connectivity index is 1.32. The fourth-order valence-electron chi connectivity index (χ4n) is 9.38. The summed E-state index contributed by atoms with van der Waals surface area (Å²) in [5, 5.41) is 0. The second kappa shape index (κ2) is 10.1. The van der Waals surface area contributed by atoms with E-state index in [9.17, 15) is 4.79 Å². The summed E-state index contributed by atoms with van der Waals surface area (Å²) in [7, 11) is 0. The summed E-state index contributed by atoms with van der Waals surface area (Å²) >= 11 is 0.239. The third-order valence-electron chi connectivity index (χ3n) is 11.2. The van der Waals surface area contributed by atoms with Crippen LogP contribution >= 0.6 is 0 Å². The van der Waals surface area contributed by atoms with Gasteiger partial charge in [-0.1, -0.05) is 13.8 Å². The average Bonchev–Trinajstić information content (AvgIpc) is 3.18. The molecular weight excluding hydrogens is 491 g/mol. The predicted octanol–water partition coefficient (Wildman–Crippen LogP) is 8.03. The summed E-state index contributed by atoms with van der Waals surface area (Å²) in [6, 6.07) is 10.8. The molecule has 2 heteroatoms. The standard InChI is InChI=1S/C33H48OSe/c1-22(2)10-9-11-23(3)27-16-17-28-26-15-14-24-20-30(34)31(35-25-12-7-6-8-13-25)21-33(24,5)29(26)18-19-32(27,28)4/h6-8,12-13,20,22-23,26-29,31H,9-11,14-19,21H2,1-5H3/t23?,26?,27-,28?,29?,31-,32-,33+/m1/s1. The van der Waals surface area contributed by atoms with Gasteiger partial charge in [-0.05, 0) is 5.92 Å². The van der Waals surface area contributed by atoms with E-state index in [1.165, 1.54) is 67.8 Å². The third-order valence-corrected chi connectivity index (χ3v) is 13.8. The maximum atomic E-state index is 13.2. The molecule has 0 aliphatic heterocycles. The molecule has 4 aliphatic carbocycles. The number of fused-ring (bicyclic) bond motifs is 5. The molecule has 1 nitrogen and oxygen atoms in total. The molecule has 0 amide bonds. The van der Waals surface area contributed by atoms with Gasteiger partial charge in [0.15, 0.2) is 0 Å². The van der Waals surface area contributed by atoms with E-state index in [0.29, 0.717) is 11.2 Å². The van der Waals surface area contributed by atoms with Gasteiger partial charge >= 0.3 is 202 Å². The Morgan fingerprint density at radius 3 is 2.49 bits per heavy atom. The van der Waals surface area contributed by atoms with Crippen LogP contribution in [0, 0.1) is 46.3 Å². The number of hydrogen-bond donors (Lipinski definition) is 0. The van der Waals surface area contributed by atoms with Crippen molar-refractivity contribution in [3.8, 4) is 0 Å². The Morgan fingerprint density at radius 2 is 1.74 bits per heavy atom. The monoisotopic (exact) mass is 540 g/mol. The second-order valence-corrected chi connectivity index (χ2v) is 16.2. The fraction of sp³-hybridized carbons (Fsp3) is 0.727. The van der Waals surface area contributed by atoms with Crippen LogP contribution in [0.25, 0.3) is 0 Å². The van der Waals surface area contributed by atoms with Crippen LogP contribution in [-0.4, -0.2) is 20.7 Å². The number of benzene rings is 1. The molecule has 4 unspecified atom stereocenters. The van der Waals surface area contributed by atoms with E-state index in [-0.39, 0.29) is 25.2 Å². The van der Waals surface area contributed by atoms with Crippen molar-refractivity contribution in [3.63, 3.8) is 0 Å². The Hall–Kier alpha value is -0.851. The summed E-state index contributed by atoms with van der Waals surface area (Å²) in [6.07, 6.45) is 15.7. The predicted molar refractivity (Wildman–Crippen MR) is 149 cm³/mol. The second-order valence-electron chi connectivity index (χ2n) is 13.6. The van der Waals surface area contributed by atoms with E-state index < -0.39 is 0 Å². The van der Waals surface area contributed by atoms with Gasteiger partial charge in [0.05, 0.1) is 0 Å². The molecule has 35 heavy (non-hydrogen) atoms. The zero-order valence-corrected chi connectivity index (χ0v) is 24.6. The van der Waals surface area contributed by atoms with Crippen LogP contribution in [0.2, 0.25) is 4.82 Å². The molecule has 8 atom stereocenters. The van der Waals surface area contributed by atoms with Crippen LogP contribution in [0.3, 0.4) is 0 Å². The van der Waals surface area contributed by atoms with E-state index in [1.54, 1.807) is 0 Å². The first kappa shape index (κ1) is 25.8. The topological polar surface area (TPSA) is 17.1 Å². The molecule has 5 rings (SSSR count). The SMILES string of the molecule is CC(C)CCCC(C)[C@H]1CCC2C3CCC4=CC(=O)[C@H]([Se]c5ccccc5)C[C@]4(C)C3CC[C@@]21C. The minimum absolute atomic E-state index is 0.225. The van der Waals surface area contributed by atoms with Crippen molar-refractivity contribution in [2.24, 2.45) is 46.3 Å². The van der Waals surface area contributed by atoms with E-state index in [1.807, 2.05) is 0 Å². The molecule has 0 saturated heterocycles. The molecular formula is C33H48OSe. The van der Waals surface area contributed by atoms with Crippen LogP contribution in [-0.2, 0) is 4.79 Å². The summed E-state index contributed by atoms with van der Waals surface area (Å²) in [5.41, 5.74) is 2.32.